The van der Waals surface area contributed by atoms with Gasteiger partial charge in [-0.3, -0.25) is 0 Å². The van der Waals surface area contributed by atoms with Crippen LogP contribution in [0.15, 0.2) is 152 Å². The molecule has 330 valence electrons. The number of fused-ring (bicyclic) bond motifs is 8. The van der Waals surface area contributed by atoms with Gasteiger partial charge in [0.15, 0.2) is 0 Å². The number of hydrogen-bond acceptors (Lipinski definition) is 4. The molecular formula is C60H61O4P. The molecule has 7 aromatic carbocycles. The topological polar surface area (TPSA) is 36.9 Å². The maximum Gasteiger partial charge on any atom is 0.126 e. The van der Waals surface area contributed by atoms with Crippen molar-refractivity contribution in [2.75, 3.05) is 26.4 Å². The molecule has 0 unspecified atom stereocenters. The highest BCUT2D eigenvalue weighted by atomic mass is 31.1. The largest absolute Gasteiger partial charge is 0.493 e. The fraction of sp³-hybridized carbons (Fsp3) is 0.267. The fourth-order valence-electron chi connectivity index (χ4n) is 8.71. The van der Waals surface area contributed by atoms with E-state index in [2.05, 4.69) is 191 Å². The Morgan fingerprint density at radius 3 is 1.09 bits per heavy atom. The Kier molecular flexibility index (Phi) is 15.7. The van der Waals surface area contributed by atoms with Gasteiger partial charge < -0.3 is 18.9 Å². The van der Waals surface area contributed by atoms with Crippen molar-refractivity contribution in [1.82, 2.24) is 0 Å². The van der Waals surface area contributed by atoms with Crippen LogP contribution in [-0.4, -0.2) is 26.4 Å². The van der Waals surface area contributed by atoms with Crippen LogP contribution in [0.1, 0.15) is 109 Å². The van der Waals surface area contributed by atoms with Crippen LogP contribution in [0.4, 0.5) is 0 Å². The number of para-hydroxylation sites is 3. The summed E-state index contributed by atoms with van der Waals surface area (Å²) in [5.74, 6) is 11.2. The highest BCUT2D eigenvalue weighted by Gasteiger charge is 2.23. The first-order valence-electron chi connectivity index (χ1n) is 23.6. The Morgan fingerprint density at radius 2 is 0.708 bits per heavy atom. The number of ether oxygens (including phenoxy) is 4. The summed E-state index contributed by atoms with van der Waals surface area (Å²) in [6, 6.07) is 54.7. The molecule has 0 saturated heterocycles. The van der Waals surface area contributed by atoms with Crippen molar-refractivity contribution in [3.63, 3.8) is 0 Å². The lowest BCUT2D eigenvalue weighted by molar-refractivity contribution is 0.304. The van der Waals surface area contributed by atoms with E-state index < -0.39 is 7.92 Å². The monoisotopic (exact) mass is 876 g/mol. The lowest BCUT2D eigenvalue weighted by atomic mass is 9.90. The van der Waals surface area contributed by atoms with Gasteiger partial charge in [-0.05, 0) is 95.8 Å². The van der Waals surface area contributed by atoms with Gasteiger partial charge in [-0.25, -0.2) is 0 Å². The molecule has 7 aromatic rings. The van der Waals surface area contributed by atoms with Crippen LogP contribution < -0.4 is 34.9 Å². The Bertz CT molecular complexity index is 2590. The molecule has 0 heterocycles. The standard InChI is InChI=1S/C60H61O4P/c1-5-34-61-57-46-21-17-22-47(57)41-49-24-19-26-51(59(49)63-36-7-3)43-53-39-44(38-52(60(53)64-37-8-4)42-50-25-18-23-48(40-46)58(50)62-35-6-2)32-33-45-20-15-16-31-56(45)65(54-27-11-9-12-28-54)55-29-13-10-14-30-55/h9-31,38-39H,5-8,34-37,40-43H2,1-4H3. The average Bonchev–Trinajstić information content (AvgIpc) is 3.33. The molecule has 0 N–H and O–H groups in total. The second kappa shape index (κ2) is 22.6. The van der Waals surface area contributed by atoms with E-state index in [1.54, 1.807) is 0 Å². The number of benzene rings is 7. The van der Waals surface area contributed by atoms with Gasteiger partial charge in [0.05, 0.1) is 26.4 Å². The Balaban J connectivity index is 1.33. The van der Waals surface area contributed by atoms with Crippen LogP contribution in [0, 0.1) is 11.8 Å². The summed E-state index contributed by atoms with van der Waals surface area (Å²) in [6.07, 6.45) is 6.25. The predicted molar refractivity (Wildman–Crippen MR) is 271 cm³/mol. The molecule has 0 aromatic heterocycles. The van der Waals surface area contributed by atoms with Gasteiger partial charge in [-0.15, -0.1) is 0 Å². The summed E-state index contributed by atoms with van der Waals surface area (Å²) in [5.41, 5.74) is 11.0. The molecule has 0 amide bonds. The summed E-state index contributed by atoms with van der Waals surface area (Å²) < 4.78 is 27.0. The van der Waals surface area contributed by atoms with E-state index in [-0.39, 0.29) is 0 Å². The molecule has 0 radical (unpaired) electrons. The van der Waals surface area contributed by atoms with Gasteiger partial charge in [0.1, 0.15) is 23.0 Å². The molecule has 0 saturated carbocycles. The molecule has 65 heavy (non-hydrogen) atoms. The molecule has 0 spiro atoms. The number of rotatable bonds is 15. The Morgan fingerprint density at radius 1 is 0.369 bits per heavy atom. The van der Waals surface area contributed by atoms with E-state index >= 15 is 0 Å². The van der Waals surface area contributed by atoms with Gasteiger partial charge in [-0.2, -0.15) is 0 Å². The van der Waals surface area contributed by atoms with E-state index in [4.69, 9.17) is 18.9 Å². The quantitative estimate of drug-likeness (QED) is 0.0759. The highest BCUT2D eigenvalue weighted by molar-refractivity contribution is 7.80. The third-order valence-corrected chi connectivity index (χ3v) is 14.1. The highest BCUT2D eigenvalue weighted by Crippen LogP contribution is 2.40. The van der Waals surface area contributed by atoms with Crippen molar-refractivity contribution < 1.29 is 18.9 Å². The summed E-state index contributed by atoms with van der Waals surface area (Å²) >= 11 is 0. The molecule has 5 heteroatoms. The predicted octanol–water partition coefficient (Wildman–Crippen LogP) is 12.7. The SMILES string of the molecule is CCCOc1c2cccc1Cc1cccc(c1OCCC)Cc1cc(C#Cc3ccccc3P(c3ccccc3)c3ccccc3)cc(c1OCCC)Cc1cccc(c1OCCC)C2. The molecule has 8 bridgehead atoms. The van der Waals surface area contributed by atoms with Crippen LogP contribution in [-0.2, 0) is 25.7 Å². The second-order valence-electron chi connectivity index (χ2n) is 16.7. The van der Waals surface area contributed by atoms with Gasteiger partial charge in [0.2, 0.25) is 0 Å². The molecule has 1 aliphatic carbocycles. The third-order valence-electron chi connectivity index (χ3n) is 11.6. The molecule has 4 nitrogen and oxygen atoms in total. The first kappa shape index (κ1) is 45.3. The van der Waals surface area contributed by atoms with E-state index in [9.17, 15) is 0 Å². The molecule has 0 aliphatic heterocycles. The maximum absolute atomic E-state index is 6.86. The van der Waals surface area contributed by atoms with E-state index in [0.717, 1.165) is 104 Å². The average molecular weight is 877 g/mol. The van der Waals surface area contributed by atoms with Crippen LogP contribution >= 0.6 is 7.92 Å². The van der Waals surface area contributed by atoms with Gasteiger partial charge in [0, 0.05) is 53.2 Å². The molecule has 8 rings (SSSR count). The fourth-order valence-corrected chi connectivity index (χ4v) is 11.1. The minimum Gasteiger partial charge on any atom is -0.493 e. The van der Waals surface area contributed by atoms with Crippen molar-refractivity contribution >= 4 is 23.8 Å². The molecule has 0 atom stereocenters. The lowest BCUT2D eigenvalue weighted by Crippen LogP contribution is -2.22. The zero-order valence-electron chi connectivity index (χ0n) is 38.5. The van der Waals surface area contributed by atoms with E-state index in [0.29, 0.717) is 52.1 Å². The van der Waals surface area contributed by atoms with Crippen molar-refractivity contribution in [2.24, 2.45) is 0 Å². The van der Waals surface area contributed by atoms with Gasteiger partial charge in [-0.1, -0.05) is 173 Å². The summed E-state index contributed by atoms with van der Waals surface area (Å²) in [6.45, 7) is 11.2. The smallest absolute Gasteiger partial charge is 0.126 e. The van der Waals surface area contributed by atoms with Crippen molar-refractivity contribution in [3.05, 3.63) is 207 Å². The van der Waals surface area contributed by atoms with Gasteiger partial charge >= 0.3 is 0 Å². The summed E-state index contributed by atoms with van der Waals surface area (Å²) in [7, 11) is -0.843. The van der Waals surface area contributed by atoms with Crippen molar-refractivity contribution in [2.45, 2.75) is 79.1 Å². The van der Waals surface area contributed by atoms with Crippen LogP contribution in [0.2, 0.25) is 0 Å². The first-order chi connectivity index (χ1) is 32.1. The zero-order valence-corrected chi connectivity index (χ0v) is 39.4. The third kappa shape index (κ3) is 11.0. The zero-order chi connectivity index (χ0) is 44.8. The Hall–Kier alpha value is -6.27. The maximum atomic E-state index is 6.86. The van der Waals surface area contributed by atoms with Crippen molar-refractivity contribution in [3.8, 4) is 34.8 Å². The van der Waals surface area contributed by atoms with Crippen LogP contribution in [0.5, 0.6) is 23.0 Å². The summed E-state index contributed by atoms with van der Waals surface area (Å²) in [5, 5.41) is 3.84. The molecule has 1 aliphatic rings. The lowest BCUT2D eigenvalue weighted by Gasteiger charge is -2.23. The van der Waals surface area contributed by atoms with Crippen LogP contribution in [0.25, 0.3) is 0 Å². The second-order valence-corrected chi connectivity index (χ2v) is 18.9. The molecule has 0 fully saturated rings. The summed E-state index contributed by atoms with van der Waals surface area (Å²) in [4.78, 5) is 0. The normalized spacial score (nSPS) is 12.0. The Labute approximate surface area is 388 Å². The molecular weight excluding hydrogens is 816 g/mol. The van der Waals surface area contributed by atoms with Crippen LogP contribution in [0.3, 0.4) is 0 Å². The van der Waals surface area contributed by atoms with E-state index in [1.165, 1.54) is 15.9 Å². The first-order valence-corrected chi connectivity index (χ1v) is 24.9. The minimum absolute atomic E-state index is 0.606. The minimum atomic E-state index is -0.843. The van der Waals surface area contributed by atoms with E-state index in [1.807, 2.05) is 0 Å². The van der Waals surface area contributed by atoms with Gasteiger partial charge in [0.25, 0.3) is 0 Å². The van der Waals surface area contributed by atoms with Crippen molar-refractivity contribution in [1.29, 1.82) is 0 Å². The number of hydrogen-bond donors (Lipinski definition) is 0.